The molecule has 0 bridgehead atoms. The molecule has 0 saturated carbocycles. The van der Waals surface area contributed by atoms with Gasteiger partial charge in [0.2, 0.25) is 0 Å². The minimum Gasteiger partial charge on any atom is -1.00 e. The quantitative estimate of drug-likeness (QED) is 0.316. The summed E-state index contributed by atoms with van der Waals surface area (Å²) in [6, 6.07) is 0. The zero-order valence-electron chi connectivity index (χ0n) is 6.65. The molecule has 0 aromatic heterocycles. The second-order valence-corrected chi connectivity index (χ2v) is 0.816. The van der Waals surface area contributed by atoms with Crippen molar-refractivity contribution in [2.24, 2.45) is 0 Å². The van der Waals surface area contributed by atoms with Crippen molar-refractivity contribution in [1.29, 1.82) is 0 Å². The second kappa shape index (κ2) is 31.3. The largest absolute Gasteiger partial charge is 1.00 e. The first-order valence-corrected chi connectivity index (χ1v) is 2.02. The maximum Gasteiger partial charge on any atom is 1.00 e. The van der Waals surface area contributed by atoms with E-state index in [0.717, 1.165) is 0 Å². The molecule has 0 unspecified atom stereocenters. The van der Waals surface area contributed by atoms with Crippen LogP contribution in [0.15, 0.2) is 0 Å². The molecular weight excluding hydrogens is 85.0 g/mol. The molecular formula is C4H14LiNO. The summed E-state index contributed by atoms with van der Waals surface area (Å²) in [6.07, 6.45) is 0. The van der Waals surface area contributed by atoms with E-state index in [1.807, 2.05) is 14.1 Å². The van der Waals surface area contributed by atoms with E-state index in [9.17, 15) is 0 Å². The van der Waals surface area contributed by atoms with Gasteiger partial charge in [-0.05, 0) is 21.0 Å². The van der Waals surface area contributed by atoms with Crippen LogP contribution in [0, 0.1) is 0 Å². The molecule has 0 heterocycles. The smallest absolute Gasteiger partial charge is 1.00 e. The van der Waals surface area contributed by atoms with Gasteiger partial charge in [0.05, 0.1) is 0 Å². The van der Waals surface area contributed by atoms with Crippen molar-refractivity contribution >= 4 is 0 Å². The van der Waals surface area contributed by atoms with E-state index in [2.05, 4.69) is 5.32 Å². The fourth-order valence-electron chi connectivity index (χ4n) is 0. The van der Waals surface area contributed by atoms with Crippen LogP contribution in [0.1, 0.15) is 8.35 Å². The summed E-state index contributed by atoms with van der Waals surface area (Å²) in [5.41, 5.74) is 0. The van der Waals surface area contributed by atoms with Gasteiger partial charge < -0.3 is 11.8 Å². The van der Waals surface area contributed by atoms with Gasteiger partial charge >= 0.3 is 18.9 Å². The monoisotopic (exact) mass is 99.1 g/mol. The number of hydrogen-bond acceptors (Lipinski definition) is 2. The topological polar surface area (TPSA) is 32.3 Å². The SMILES string of the molecule is CCO.CNC.[H-].[Li+]. The van der Waals surface area contributed by atoms with Gasteiger partial charge in [0.25, 0.3) is 0 Å². The average Bonchev–Trinajstić information content (AvgIpc) is 1.39. The Balaban J connectivity index is -0.0000000160. The molecule has 0 aromatic carbocycles. The van der Waals surface area contributed by atoms with Crippen LogP contribution < -0.4 is 24.2 Å². The van der Waals surface area contributed by atoms with Gasteiger partial charge in [0.15, 0.2) is 0 Å². The Morgan fingerprint density at radius 3 is 1.57 bits per heavy atom. The van der Waals surface area contributed by atoms with E-state index in [1.165, 1.54) is 0 Å². The van der Waals surface area contributed by atoms with E-state index in [0.29, 0.717) is 0 Å². The minimum absolute atomic E-state index is 0. The summed E-state index contributed by atoms with van der Waals surface area (Å²) in [5, 5.41) is 10.3. The molecule has 0 saturated heterocycles. The van der Waals surface area contributed by atoms with Crippen molar-refractivity contribution in [3.8, 4) is 0 Å². The molecule has 0 aliphatic heterocycles. The third kappa shape index (κ3) is 497. The molecule has 0 aliphatic rings. The molecule has 0 fully saturated rings. The Labute approximate surface area is 59.0 Å². The molecule has 7 heavy (non-hydrogen) atoms. The normalized spacial score (nSPS) is 5.14. The molecule has 0 rings (SSSR count). The fraction of sp³-hybridized carbons (Fsp3) is 1.00. The van der Waals surface area contributed by atoms with Crippen molar-refractivity contribution in [3.05, 3.63) is 0 Å². The number of aliphatic hydroxyl groups is 1. The predicted molar refractivity (Wildman–Crippen MR) is 28.9 cm³/mol. The summed E-state index contributed by atoms with van der Waals surface area (Å²) in [7, 11) is 3.75. The van der Waals surface area contributed by atoms with Gasteiger partial charge in [-0.2, -0.15) is 0 Å². The number of nitrogens with one attached hydrogen (secondary N) is 1. The van der Waals surface area contributed by atoms with Gasteiger partial charge in [0, 0.05) is 6.61 Å². The Bertz CT molecular complexity index is 18.0. The second-order valence-electron chi connectivity index (χ2n) is 0.816. The standard InChI is InChI=1S/C2H7N.C2H6O.Li.H/c1-3-2;1-2-3;;/h3H,1-2H3;3H,2H2,1H3;;/q;;+1;-1. The average molecular weight is 99.1 g/mol. The summed E-state index contributed by atoms with van der Waals surface area (Å²) in [5.74, 6) is 0. The molecule has 0 amide bonds. The molecule has 3 heteroatoms. The summed E-state index contributed by atoms with van der Waals surface area (Å²) < 4.78 is 0. The summed E-state index contributed by atoms with van der Waals surface area (Å²) in [4.78, 5) is 0. The molecule has 0 aliphatic carbocycles. The Kier molecular flexibility index (Phi) is 70.0. The van der Waals surface area contributed by atoms with Crippen molar-refractivity contribution < 1.29 is 25.4 Å². The van der Waals surface area contributed by atoms with Crippen LogP contribution in [0.3, 0.4) is 0 Å². The summed E-state index contributed by atoms with van der Waals surface area (Å²) in [6.45, 7) is 1.93. The van der Waals surface area contributed by atoms with Crippen LogP contribution in [0.4, 0.5) is 0 Å². The van der Waals surface area contributed by atoms with Gasteiger partial charge in [-0.3, -0.25) is 0 Å². The van der Waals surface area contributed by atoms with Gasteiger partial charge in [-0.1, -0.05) is 0 Å². The first-order valence-electron chi connectivity index (χ1n) is 2.02. The minimum atomic E-state index is 0. The predicted octanol–water partition coefficient (Wildman–Crippen LogP) is -3.05. The fourth-order valence-corrected chi connectivity index (χ4v) is 0. The molecule has 0 atom stereocenters. The van der Waals surface area contributed by atoms with Crippen LogP contribution in [-0.4, -0.2) is 25.8 Å². The zero-order valence-corrected chi connectivity index (χ0v) is 5.65. The van der Waals surface area contributed by atoms with E-state index in [1.54, 1.807) is 6.92 Å². The van der Waals surface area contributed by atoms with E-state index >= 15 is 0 Å². The van der Waals surface area contributed by atoms with Crippen molar-refractivity contribution in [2.75, 3.05) is 20.7 Å². The molecule has 0 radical (unpaired) electrons. The van der Waals surface area contributed by atoms with Crippen molar-refractivity contribution in [3.63, 3.8) is 0 Å². The maximum atomic E-state index is 7.57. The van der Waals surface area contributed by atoms with Crippen LogP contribution in [-0.2, 0) is 0 Å². The van der Waals surface area contributed by atoms with Gasteiger partial charge in [-0.25, -0.2) is 0 Å². The molecule has 0 aromatic rings. The Morgan fingerprint density at radius 1 is 1.57 bits per heavy atom. The van der Waals surface area contributed by atoms with Crippen molar-refractivity contribution in [1.82, 2.24) is 5.32 Å². The number of hydrogen-bond donors (Lipinski definition) is 2. The van der Waals surface area contributed by atoms with E-state index < -0.39 is 0 Å². The maximum absolute atomic E-state index is 7.57. The number of aliphatic hydroxyl groups excluding tert-OH is 1. The third-order valence-electron chi connectivity index (χ3n) is 0. The molecule has 42 valence electrons. The first-order chi connectivity index (χ1) is 2.83. The van der Waals surface area contributed by atoms with Gasteiger partial charge in [0.1, 0.15) is 0 Å². The van der Waals surface area contributed by atoms with Crippen molar-refractivity contribution in [2.45, 2.75) is 6.92 Å². The molecule has 2 nitrogen and oxygen atoms in total. The first kappa shape index (κ1) is 15.6. The van der Waals surface area contributed by atoms with E-state index in [4.69, 9.17) is 5.11 Å². The zero-order chi connectivity index (χ0) is 5.41. The summed E-state index contributed by atoms with van der Waals surface area (Å²) >= 11 is 0. The van der Waals surface area contributed by atoms with Crippen LogP contribution in [0.25, 0.3) is 0 Å². The van der Waals surface area contributed by atoms with Crippen LogP contribution in [0.2, 0.25) is 0 Å². The molecule has 0 spiro atoms. The van der Waals surface area contributed by atoms with Crippen LogP contribution >= 0.6 is 0 Å². The van der Waals surface area contributed by atoms with Crippen LogP contribution in [0.5, 0.6) is 0 Å². The third-order valence-corrected chi connectivity index (χ3v) is 0. The van der Waals surface area contributed by atoms with E-state index in [-0.39, 0.29) is 26.9 Å². The molecule has 2 N–H and O–H groups in total. The Morgan fingerprint density at radius 2 is 1.57 bits per heavy atom. The Hall–Kier alpha value is 0.517. The number of rotatable bonds is 0. The van der Waals surface area contributed by atoms with Gasteiger partial charge in [-0.15, -0.1) is 0 Å².